The van der Waals surface area contributed by atoms with Gasteiger partial charge in [0.1, 0.15) is 5.82 Å². The molecule has 5 nitrogen and oxygen atoms in total. The molecule has 1 amide bonds. The molecule has 20 heavy (non-hydrogen) atoms. The molecule has 6 heteroatoms. The topological polar surface area (TPSA) is 51.7 Å². The molecule has 0 bridgehead atoms. The van der Waals surface area contributed by atoms with Crippen molar-refractivity contribution in [1.82, 2.24) is 9.88 Å². The number of amides is 1. The Hall–Kier alpha value is -1.53. The molecule has 0 unspecified atom stereocenters. The minimum absolute atomic E-state index is 0.186. The van der Waals surface area contributed by atoms with E-state index in [1.165, 1.54) is 12.3 Å². The smallest absolute Gasteiger partial charge is 0.255 e. The lowest BCUT2D eigenvalue weighted by atomic mass is 10.0. The zero-order chi connectivity index (χ0) is 14.8. The van der Waals surface area contributed by atoms with Crippen molar-refractivity contribution in [2.24, 2.45) is 0 Å². The van der Waals surface area contributed by atoms with E-state index in [1.807, 2.05) is 13.8 Å². The van der Waals surface area contributed by atoms with E-state index in [4.69, 9.17) is 9.47 Å². The van der Waals surface area contributed by atoms with Crippen LogP contribution in [0.5, 0.6) is 0 Å². The van der Waals surface area contributed by atoms with Crippen LogP contribution in [0.2, 0.25) is 0 Å². The van der Waals surface area contributed by atoms with Crippen molar-refractivity contribution in [3.05, 3.63) is 29.8 Å². The number of halogens is 1. The van der Waals surface area contributed by atoms with Gasteiger partial charge in [0.2, 0.25) is 0 Å². The van der Waals surface area contributed by atoms with Crippen LogP contribution in [0.15, 0.2) is 18.5 Å². The minimum Gasteiger partial charge on any atom is -0.382 e. The standard InChI is InChI=1S/C14H19FN2O3/c1-14(2)9-17(7-12(20-14)8-19-3)13(18)10-4-11(15)6-16-5-10/h4-6,12H,7-9H2,1-3H3/t12-/m0/s1. The fourth-order valence-corrected chi connectivity index (χ4v) is 2.43. The van der Waals surface area contributed by atoms with Gasteiger partial charge in [0, 0.05) is 26.4 Å². The van der Waals surface area contributed by atoms with Crippen molar-refractivity contribution < 1.29 is 18.7 Å². The lowest BCUT2D eigenvalue weighted by Gasteiger charge is -2.42. The Morgan fingerprint density at radius 3 is 3.00 bits per heavy atom. The van der Waals surface area contributed by atoms with Crippen LogP contribution < -0.4 is 0 Å². The molecule has 1 fully saturated rings. The summed E-state index contributed by atoms with van der Waals surface area (Å²) in [6.45, 7) is 5.11. The molecule has 1 aliphatic heterocycles. The first kappa shape index (κ1) is 14.9. The van der Waals surface area contributed by atoms with Crippen LogP contribution >= 0.6 is 0 Å². The Morgan fingerprint density at radius 1 is 1.60 bits per heavy atom. The predicted octanol–water partition coefficient (Wildman–Crippen LogP) is 1.49. The molecule has 0 radical (unpaired) electrons. The van der Waals surface area contributed by atoms with Crippen LogP contribution in [0, 0.1) is 5.82 Å². The summed E-state index contributed by atoms with van der Waals surface area (Å²) in [4.78, 5) is 17.8. The Morgan fingerprint density at radius 2 is 2.35 bits per heavy atom. The highest BCUT2D eigenvalue weighted by Crippen LogP contribution is 2.22. The highest BCUT2D eigenvalue weighted by Gasteiger charge is 2.36. The van der Waals surface area contributed by atoms with Crippen molar-refractivity contribution in [3.63, 3.8) is 0 Å². The van der Waals surface area contributed by atoms with Gasteiger partial charge in [-0.15, -0.1) is 0 Å². The number of carbonyl (C=O) groups excluding carboxylic acids is 1. The Bertz CT molecular complexity index is 493. The number of nitrogens with zero attached hydrogens (tertiary/aromatic N) is 2. The van der Waals surface area contributed by atoms with Crippen LogP contribution in [-0.2, 0) is 9.47 Å². The van der Waals surface area contributed by atoms with Gasteiger partial charge in [0.05, 0.1) is 30.1 Å². The maximum atomic E-state index is 13.2. The first-order valence-corrected chi connectivity index (χ1v) is 6.48. The monoisotopic (exact) mass is 282 g/mol. The molecule has 1 aromatic heterocycles. The molecule has 0 N–H and O–H groups in total. The highest BCUT2D eigenvalue weighted by molar-refractivity contribution is 5.94. The molecule has 1 atom stereocenters. The third-order valence-corrected chi connectivity index (χ3v) is 3.07. The van der Waals surface area contributed by atoms with Crippen molar-refractivity contribution in [3.8, 4) is 0 Å². The van der Waals surface area contributed by atoms with Crippen LogP contribution in [-0.4, -0.2) is 54.3 Å². The number of carbonyl (C=O) groups is 1. The number of aromatic nitrogens is 1. The molecule has 1 aromatic rings. The van der Waals surface area contributed by atoms with Gasteiger partial charge in [0.15, 0.2) is 0 Å². The van der Waals surface area contributed by atoms with Gasteiger partial charge in [0.25, 0.3) is 5.91 Å². The van der Waals surface area contributed by atoms with Crippen LogP contribution in [0.1, 0.15) is 24.2 Å². The zero-order valence-corrected chi connectivity index (χ0v) is 11.9. The molecule has 110 valence electrons. The fraction of sp³-hybridized carbons (Fsp3) is 0.571. The SMILES string of the molecule is COC[C@@H]1CN(C(=O)c2cncc(F)c2)CC(C)(C)O1. The molecular formula is C14H19FN2O3. The van der Waals surface area contributed by atoms with Gasteiger partial charge in [-0.05, 0) is 19.9 Å². The first-order chi connectivity index (χ1) is 9.41. The maximum absolute atomic E-state index is 13.2. The summed E-state index contributed by atoms with van der Waals surface area (Å²) in [5.41, 5.74) is -0.212. The van der Waals surface area contributed by atoms with E-state index in [-0.39, 0.29) is 17.6 Å². The van der Waals surface area contributed by atoms with E-state index < -0.39 is 11.4 Å². The Labute approximate surface area is 117 Å². The lowest BCUT2D eigenvalue weighted by molar-refractivity contribution is -0.143. The molecule has 1 aliphatic rings. The number of hydrogen-bond acceptors (Lipinski definition) is 4. The number of morpholine rings is 1. The first-order valence-electron chi connectivity index (χ1n) is 6.48. The second kappa shape index (κ2) is 5.85. The Kier molecular flexibility index (Phi) is 4.35. The highest BCUT2D eigenvalue weighted by atomic mass is 19.1. The molecule has 0 spiro atoms. The van der Waals surface area contributed by atoms with E-state index in [0.717, 1.165) is 6.20 Å². The average Bonchev–Trinajstić information content (AvgIpc) is 2.36. The lowest BCUT2D eigenvalue weighted by Crippen LogP contribution is -2.55. The minimum atomic E-state index is -0.517. The third kappa shape index (κ3) is 3.52. The number of pyridine rings is 1. The predicted molar refractivity (Wildman–Crippen MR) is 70.9 cm³/mol. The molecule has 1 saturated heterocycles. The van der Waals surface area contributed by atoms with Crippen molar-refractivity contribution in [2.45, 2.75) is 25.6 Å². The van der Waals surface area contributed by atoms with Gasteiger partial charge in [-0.3, -0.25) is 9.78 Å². The number of rotatable bonds is 3. The van der Waals surface area contributed by atoms with Crippen molar-refractivity contribution in [1.29, 1.82) is 0 Å². The number of methoxy groups -OCH3 is 1. The summed E-state index contributed by atoms with van der Waals surface area (Å²) in [6, 6.07) is 1.20. The molecule has 0 aliphatic carbocycles. The van der Waals surface area contributed by atoms with E-state index in [2.05, 4.69) is 4.98 Å². The van der Waals surface area contributed by atoms with E-state index in [1.54, 1.807) is 12.0 Å². The van der Waals surface area contributed by atoms with Crippen LogP contribution in [0.3, 0.4) is 0 Å². The zero-order valence-electron chi connectivity index (χ0n) is 11.9. The van der Waals surface area contributed by atoms with Gasteiger partial charge >= 0.3 is 0 Å². The maximum Gasteiger partial charge on any atom is 0.255 e. The normalized spacial score (nSPS) is 21.8. The molecule has 2 rings (SSSR count). The van der Waals surface area contributed by atoms with Crippen molar-refractivity contribution in [2.75, 3.05) is 26.8 Å². The molecular weight excluding hydrogens is 263 g/mol. The van der Waals surface area contributed by atoms with Gasteiger partial charge in [-0.25, -0.2) is 4.39 Å². The second-order valence-electron chi connectivity index (χ2n) is 5.53. The Balaban J connectivity index is 2.16. The summed E-state index contributed by atoms with van der Waals surface area (Å²) < 4.78 is 24.1. The van der Waals surface area contributed by atoms with E-state index >= 15 is 0 Å². The van der Waals surface area contributed by atoms with Gasteiger partial charge in [-0.2, -0.15) is 0 Å². The summed E-state index contributed by atoms with van der Waals surface area (Å²) in [5.74, 6) is -0.758. The number of ether oxygens (including phenoxy) is 2. The summed E-state index contributed by atoms with van der Waals surface area (Å²) in [5, 5.41) is 0. The van der Waals surface area contributed by atoms with Crippen LogP contribution in [0.4, 0.5) is 4.39 Å². The molecule has 2 heterocycles. The second-order valence-corrected chi connectivity index (χ2v) is 5.53. The largest absolute Gasteiger partial charge is 0.382 e. The van der Waals surface area contributed by atoms with E-state index in [0.29, 0.717) is 19.7 Å². The van der Waals surface area contributed by atoms with Crippen LogP contribution in [0.25, 0.3) is 0 Å². The number of hydrogen-bond donors (Lipinski definition) is 0. The van der Waals surface area contributed by atoms with Gasteiger partial charge < -0.3 is 14.4 Å². The third-order valence-electron chi connectivity index (χ3n) is 3.07. The van der Waals surface area contributed by atoms with E-state index in [9.17, 15) is 9.18 Å². The molecule has 0 saturated carbocycles. The summed E-state index contributed by atoms with van der Waals surface area (Å²) in [7, 11) is 1.59. The fourth-order valence-electron chi connectivity index (χ4n) is 2.43. The summed E-state index contributed by atoms with van der Waals surface area (Å²) >= 11 is 0. The quantitative estimate of drug-likeness (QED) is 0.843. The average molecular weight is 282 g/mol. The summed E-state index contributed by atoms with van der Waals surface area (Å²) in [6.07, 6.45) is 2.27. The van der Waals surface area contributed by atoms with Crippen molar-refractivity contribution >= 4 is 5.91 Å². The molecule has 0 aromatic carbocycles. The van der Waals surface area contributed by atoms with Gasteiger partial charge in [-0.1, -0.05) is 0 Å².